The van der Waals surface area contributed by atoms with Crippen LogP contribution >= 0.6 is 0 Å². The van der Waals surface area contributed by atoms with Crippen molar-refractivity contribution in [1.82, 2.24) is 9.21 Å². The predicted molar refractivity (Wildman–Crippen MR) is 92.2 cm³/mol. The normalized spacial score (nSPS) is 16.0. The van der Waals surface area contributed by atoms with E-state index in [1.165, 1.54) is 23.4 Å². The van der Waals surface area contributed by atoms with Crippen LogP contribution in [0.15, 0.2) is 53.4 Å². The molecule has 0 radical (unpaired) electrons. The first-order valence-corrected chi connectivity index (χ1v) is 9.44. The molecule has 1 heterocycles. The van der Waals surface area contributed by atoms with Gasteiger partial charge in [-0.15, -0.1) is 0 Å². The van der Waals surface area contributed by atoms with Gasteiger partial charge >= 0.3 is 0 Å². The third-order valence-corrected chi connectivity index (χ3v) is 6.21. The molecule has 1 fully saturated rings. The number of benzene rings is 2. The van der Waals surface area contributed by atoms with Crippen molar-refractivity contribution in [1.29, 1.82) is 0 Å². The molecule has 3 rings (SSSR count). The van der Waals surface area contributed by atoms with Gasteiger partial charge in [-0.2, -0.15) is 4.31 Å². The Morgan fingerprint density at radius 1 is 1.00 bits per heavy atom. The van der Waals surface area contributed by atoms with Crippen LogP contribution in [0.4, 0.5) is 4.39 Å². The average Bonchev–Trinajstić information content (AvgIpc) is 2.64. The lowest BCUT2D eigenvalue weighted by Gasteiger charge is -2.34. The number of carbonyl (C=O) groups is 1. The van der Waals surface area contributed by atoms with Crippen LogP contribution in [0.25, 0.3) is 0 Å². The van der Waals surface area contributed by atoms with E-state index in [4.69, 9.17) is 0 Å². The second-order valence-electron chi connectivity index (χ2n) is 5.97. The molecule has 0 unspecified atom stereocenters. The zero-order valence-electron chi connectivity index (χ0n) is 13.9. The fourth-order valence-corrected chi connectivity index (χ4v) is 4.33. The van der Waals surface area contributed by atoms with E-state index in [9.17, 15) is 17.6 Å². The highest BCUT2D eigenvalue weighted by atomic mass is 32.2. The van der Waals surface area contributed by atoms with Crippen LogP contribution in [0.3, 0.4) is 0 Å². The molecule has 0 atom stereocenters. The molecule has 1 saturated heterocycles. The predicted octanol–water partition coefficient (Wildman–Crippen LogP) is 2.28. The van der Waals surface area contributed by atoms with E-state index in [2.05, 4.69) is 0 Å². The van der Waals surface area contributed by atoms with Gasteiger partial charge in [0, 0.05) is 31.7 Å². The number of amides is 1. The first-order chi connectivity index (χ1) is 11.9. The first-order valence-electron chi connectivity index (χ1n) is 8.00. The fourth-order valence-electron chi connectivity index (χ4n) is 2.82. The minimum Gasteiger partial charge on any atom is -0.336 e. The molecule has 0 bridgehead atoms. The summed E-state index contributed by atoms with van der Waals surface area (Å²) in [4.78, 5) is 14.2. The van der Waals surface area contributed by atoms with Crippen molar-refractivity contribution < 1.29 is 17.6 Å². The van der Waals surface area contributed by atoms with E-state index < -0.39 is 15.8 Å². The molecular weight excluding hydrogens is 343 g/mol. The second-order valence-corrected chi connectivity index (χ2v) is 7.91. The Kier molecular flexibility index (Phi) is 4.87. The Hall–Kier alpha value is -2.25. The Bertz CT molecular complexity index is 876. The standard InChI is InChI=1S/C18H19FN2O3S/c1-14-13-16(7-8-17(14)19)25(23,24)21-11-9-20(10-12-21)18(22)15-5-3-2-4-6-15/h2-8,13H,9-12H2,1H3. The zero-order chi connectivity index (χ0) is 18.0. The Labute approximate surface area is 146 Å². The summed E-state index contributed by atoms with van der Waals surface area (Å²) >= 11 is 0. The number of hydrogen-bond donors (Lipinski definition) is 0. The monoisotopic (exact) mass is 362 g/mol. The third kappa shape index (κ3) is 3.57. The second kappa shape index (κ2) is 6.93. The Balaban J connectivity index is 1.71. The molecule has 0 saturated carbocycles. The van der Waals surface area contributed by atoms with Gasteiger partial charge in [0.1, 0.15) is 5.82 Å². The maximum Gasteiger partial charge on any atom is 0.253 e. The number of carbonyl (C=O) groups excluding carboxylic acids is 1. The molecule has 1 aliphatic heterocycles. The average molecular weight is 362 g/mol. The summed E-state index contributed by atoms with van der Waals surface area (Å²) in [6, 6.07) is 12.7. The molecule has 0 aliphatic carbocycles. The van der Waals surface area contributed by atoms with Crippen LogP contribution in [0, 0.1) is 12.7 Å². The molecule has 5 nitrogen and oxygen atoms in total. The Morgan fingerprint density at radius 2 is 1.64 bits per heavy atom. The van der Waals surface area contributed by atoms with Gasteiger partial charge in [-0.05, 0) is 42.8 Å². The van der Waals surface area contributed by atoms with E-state index in [1.807, 2.05) is 6.07 Å². The molecule has 7 heteroatoms. The molecule has 132 valence electrons. The maximum absolute atomic E-state index is 13.4. The minimum absolute atomic E-state index is 0.0780. The summed E-state index contributed by atoms with van der Waals surface area (Å²) in [6.07, 6.45) is 0. The highest BCUT2D eigenvalue weighted by molar-refractivity contribution is 7.89. The van der Waals surface area contributed by atoms with Gasteiger partial charge in [0.2, 0.25) is 10.0 Å². The van der Waals surface area contributed by atoms with Crippen LogP contribution in [0.2, 0.25) is 0 Å². The summed E-state index contributed by atoms with van der Waals surface area (Å²) in [7, 11) is -3.69. The number of nitrogens with zero attached hydrogens (tertiary/aromatic N) is 2. The summed E-state index contributed by atoms with van der Waals surface area (Å²) in [5.41, 5.74) is 0.881. The summed E-state index contributed by atoms with van der Waals surface area (Å²) in [6.45, 7) is 2.62. The lowest BCUT2D eigenvalue weighted by atomic mass is 10.2. The van der Waals surface area contributed by atoms with Crippen LogP contribution in [0.5, 0.6) is 0 Å². The van der Waals surface area contributed by atoms with E-state index >= 15 is 0 Å². The van der Waals surface area contributed by atoms with E-state index in [1.54, 1.807) is 29.2 Å². The smallest absolute Gasteiger partial charge is 0.253 e. The van der Waals surface area contributed by atoms with Gasteiger partial charge in [0.05, 0.1) is 4.90 Å². The number of aryl methyl sites for hydroxylation is 1. The van der Waals surface area contributed by atoms with Gasteiger partial charge in [0.25, 0.3) is 5.91 Å². The third-order valence-electron chi connectivity index (χ3n) is 4.31. The van der Waals surface area contributed by atoms with Crippen molar-refractivity contribution >= 4 is 15.9 Å². The van der Waals surface area contributed by atoms with Crippen molar-refractivity contribution in [3.63, 3.8) is 0 Å². The molecule has 25 heavy (non-hydrogen) atoms. The van der Waals surface area contributed by atoms with E-state index in [0.29, 0.717) is 24.2 Å². The molecule has 0 aromatic heterocycles. The topological polar surface area (TPSA) is 57.7 Å². The molecule has 1 amide bonds. The fraction of sp³-hybridized carbons (Fsp3) is 0.278. The minimum atomic E-state index is -3.69. The number of halogens is 1. The van der Waals surface area contributed by atoms with Gasteiger partial charge < -0.3 is 4.90 Å². The summed E-state index contributed by atoms with van der Waals surface area (Å²) in [5, 5.41) is 0. The highest BCUT2D eigenvalue weighted by Crippen LogP contribution is 2.20. The van der Waals surface area contributed by atoms with Crippen LogP contribution in [0.1, 0.15) is 15.9 Å². The zero-order valence-corrected chi connectivity index (χ0v) is 14.7. The SMILES string of the molecule is Cc1cc(S(=O)(=O)N2CCN(C(=O)c3ccccc3)CC2)ccc1F. The van der Waals surface area contributed by atoms with Crippen LogP contribution < -0.4 is 0 Å². The molecule has 2 aromatic rings. The lowest BCUT2D eigenvalue weighted by Crippen LogP contribution is -2.50. The maximum atomic E-state index is 13.4. The van der Waals surface area contributed by atoms with Crippen molar-refractivity contribution in [2.45, 2.75) is 11.8 Å². The van der Waals surface area contributed by atoms with Gasteiger partial charge in [-0.25, -0.2) is 12.8 Å². The van der Waals surface area contributed by atoms with Crippen LogP contribution in [-0.2, 0) is 10.0 Å². The molecule has 2 aromatic carbocycles. The van der Waals surface area contributed by atoms with E-state index in [-0.39, 0.29) is 23.9 Å². The van der Waals surface area contributed by atoms with Crippen molar-refractivity contribution in [3.05, 3.63) is 65.5 Å². The highest BCUT2D eigenvalue weighted by Gasteiger charge is 2.30. The lowest BCUT2D eigenvalue weighted by molar-refractivity contribution is 0.0698. The first kappa shape index (κ1) is 17.6. The van der Waals surface area contributed by atoms with Crippen molar-refractivity contribution in [3.8, 4) is 0 Å². The number of piperazine rings is 1. The number of sulfonamides is 1. The van der Waals surface area contributed by atoms with Crippen molar-refractivity contribution in [2.24, 2.45) is 0 Å². The van der Waals surface area contributed by atoms with Gasteiger partial charge in [-0.1, -0.05) is 18.2 Å². The quantitative estimate of drug-likeness (QED) is 0.842. The molecule has 1 aliphatic rings. The largest absolute Gasteiger partial charge is 0.336 e. The molecule has 0 spiro atoms. The number of hydrogen-bond acceptors (Lipinski definition) is 3. The molecular formula is C18H19FN2O3S. The van der Waals surface area contributed by atoms with Gasteiger partial charge in [-0.3, -0.25) is 4.79 Å². The van der Waals surface area contributed by atoms with Crippen LogP contribution in [-0.4, -0.2) is 49.7 Å². The summed E-state index contributed by atoms with van der Waals surface area (Å²) in [5.74, 6) is -0.535. The van der Waals surface area contributed by atoms with E-state index in [0.717, 1.165) is 6.07 Å². The summed E-state index contributed by atoms with van der Waals surface area (Å²) < 4.78 is 40.1. The Morgan fingerprint density at radius 3 is 2.24 bits per heavy atom. The number of rotatable bonds is 3. The molecule has 0 N–H and O–H groups in total. The van der Waals surface area contributed by atoms with Crippen molar-refractivity contribution in [2.75, 3.05) is 26.2 Å². The van der Waals surface area contributed by atoms with Gasteiger partial charge in [0.15, 0.2) is 0 Å².